The standard InChI is InChI=1S/C21H28N4O3/c1-27-18-8-10-19(11-9-18)28-14-13-22-20-12-7-17(15-23-20)25-21(26)24-16-5-3-2-4-6-16/h7-12,15-16H,2-6,13-14H2,1H3,(H,22,23)(H2,24,25,26). The number of carbonyl (C=O) groups is 1. The average molecular weight is 384 g/mol. The summed E-state index contributed by atoms with van der Waals surface area (Å²) in [7, 11) is 1.64. The van der Waals surface area contributed by atoms with Gasteiger partial charge in [-0.2, -0.15) is 0 Å². The fraction of sp³-hybridized carbons (Fsp3) is 0.429. The predicted molar refractivity (Wildman–Crippen MR) is 110 cm³/mol. The van der Waals surface area contributed by atoms with Crippen molar-refractivity contribution in [2.75, 3.05) is 30.9 Å². The van der Waals surface area contributed by atoms with E-state index >= 15 is 0 Å². The van der Waals surface area contributed by atoms with Crippen LogP contribution in [0.5, 0.6) is 11.5 Å². The van der Waals surface area contributed by atoms with Gasteiger partial charge >= 0.3 is 6.03 Å². The third-order valence-electron chi connectivity index (χ3n) is 4.70. The van der Waals surface area contributed by atoms with Gasteiger partial charge in [0.1, 0.15) is 23.9 Å². The minimum Gasteiger partial charge on any atom is -0.497 e. The summed E-state index contributed by atoms with van der Waals surface area (Å²) in [5.74, 6) is 2.33. The van der Waals surface area contributed by atoms with Crippen molar-refractivity contribution in [2.45, 2.75) is 38.1 Å². The highest BCUT2D eigenvalue weighted by atomic mass is 16.5. The monoisotopic (exact) mass is 384 g/mol. The number of carbonyl (C=O) groups excluding carboxylic acids is 1. The molecule has 150 valence electrons. The number of pyridine rings is 1. The number of ether oxygens (including phenoxy) is 2. The van der Waals surface area contributed by atoms with Crippen molar-refractivity contribution in [3.05, 3.63) is 42.6 Å². The van der Waals surface area contributed by atoms with Crippen LogP contribution in [0.2, 0.25) is 0 Å². The molecule has 0 radical (unpaired) electrons. The summed E-state index contributed by atoms with van der Waals surface area (Å²) in [4.78, 5) is 16.4. The van der Waals surface area contributed by atoms with Gasteiger partial charge in [-0.1, -0.05) is 19.3 Å². The highest BCUT2D eigenvalue weighted by Crippen LogP contribution is 2.18. The first-order valence-electron chi connectivity index (χ1n) is 9.77. The van der Waals surface area contributed by atoms with E-state index in [9.17, 15) is 4.79 Å². The zero-order valence-corrected chi connectivity index (χ0v) is 16.2. The lowest BCUT2D eigenvalue weighted by molar-refractivity contribution is 0.244. The Balaban J connectivity index is 1.35. The van der Waals surface area contributed by atoms with Crippen LogP contribution >= 0.6 is 0 Å². The zero-order chi connectivity index (χ0) is 19.6. The summed E-state index contributed by atoms with van der Waals surface area (Å²) in [6.45, 7) is 1.13. The van der Waals surface area contributed by atoms with E-state index < -0.39 is 0 Å². The molecule has 1 aromatic carbocycles. The Labute approximate surface area is 165 Å². The molecule has 0 unspecified atom stereocenters. The van der Waals surface area contributed by atoms with E-state index in [2.05, 4.69) is 20.9 Å². The lowest BCUT2D eigenvalue weighted by atomic mass is 9.96. The van der Waals surface area contributed by atoms with Gasteiger partial charge in [0.25, 0.3) is 0 Å². The first-order valence-corrected chi connectivity index (χ1v) is 9.77. The second-order valence-electron chi connectivity index (χ2n) is 6.82. The van der Waals surface area contributed by atoms with E-state index in [1.807, 2.05) is 36.4 Å². The number of urea groups is 1. The molecule has 1 aliphatic rings. The molecule has 0 aliphatic heterocycles. The number of nitrogens with zero attached hydrogens (tertiary/aromatic N) is 1. The van der Waals surface area contributed by atoms with Crippen LogP contribution in [-0.4, -0.2) is 37.3 Å². The van der Waals surface area contributed by atoms with Crippen LogP contribution in [0.1, 0.15) is 32.1 Å². The molecule has 1 heterocycles. The van der Waals surface area contributed by atoms with E-state index in [-0.39, 0.29) is 12.1 Å². The summed E-state index contributed by atoms with van der Waals surface area (Å²) in [6.07, 6.45) is 7.42. The first kappa shape index (κ1) is 19.8. The number of amides is 2. The Hall–Kier alpha value is -2.96. The number of rotatable bonds is 8. The SMILES string of the molecule is COc1ccc(OCCNc2ccc(NC(=O)NC3CCCCC3)cn2)cc1. The number of aromatic nitrogens is 1. The largest absolute Gasteiger partial charge is 0.497 e. The molecule has 2 amide bonds. The summed E-state index contributed by atoms with van der Waals surface area (Å²) in [6, 6.07) is 11.3. The summed E-state index contributed by atoms with van der Waals surface area (Å²) in [5.41, 5.74) is 0.674. The maximum Gasteiger partial charge on any atom is 0.319 e. The number of benzene rings is 1. The van der Waals surface area contributed by atoms with Crippen LogP contribution in [0, 0.1) is 0 Å². The van der Waals surface area contributed by atoms with Crippen LogP contribution in [0.4, 0.5) is 16.3 Å². The fourth-order valence-electron chi connectivity index (χ4n) is 3.19. The molecule has 2 aromatic rings. The molecular formula is C21H28N4O3. The molecule has 3 N–H and O–H groups in total. The molecule has 28 heavy (non-hydrogen) atoms. The summed E-state index contributed by atoms with van der Waals surface area (Å²) in [5, 5.41) is 9.06. The molecule has 3 rings (SSSR count). The van der Waals surface area contributed by atoms with Crippen LogP contribution in [0.15, 0.2) is 42.6 Å². The molecule has 0 saturated heterocycles. The topological polar surface area (TPSA) is 84.5 Å². The maximum atomic E-state index is 12.1. The van der Waals surface area contributed by atoms with Crippen molar-refractivity contribution >= 4 is 17.5 Å². The van der Waals surface area contributed by atoms with Crippen molar-refractivity contribution in [3.63, 3.8) is 0 Å². The molecule has 1 aliphatic carbocycles. The molecule has 0 atom stereocenters. The molecule has 1 fully saturated rings. The Morgan fingerprint density at radius 3 is 2.50 bits per heavy atom. The maximum absolute atomic E-state index is 12.1. The molecule has 1 aromatic heterocycles. The van der Waals surface area contributed by atoms with E-state index in [1.165, 1.54) is 19.3 Å². The van der Waals surface area contributed by atoms with E-state index in [0.29, 0.717) is 18.8 Å². The lowest BCUT2D eigenvalue weighted by Crippen LogP contribution is -2.39. The highest BCUT2D eigenvalue weighted by Gasteiger charge is 2.15. The van der Waals surface area contributed by atoms with Crippen LogP contribution in [0.3, 0.4) is 0 Å². The van der Waals surface area contributed by atoms with Crippen molar-refractivity contribution in [1.82, 2.24) is 10.3 Å². The Morgan fingerprint density at radius 2 is 1.82 bits per heavy atom. The summed E-state index contributed by atoms with van der Waals surface area (Å²) >= 11 is 0. The van der Waals surface area contributed by atoms with Gasteiger partial charge < -0.3 is 25.4 Å². The number of hydrogen-bond donors (Lipinski definition) is 3. The molecule has 7 heteroatoms. The Bertz CT molecular complexity index is 728. The Kier molecular flexibility index (Phi) is 7.35. The van der Waals surface area contributed by atoms with Crippen molar-refractivity contribution < 1.29 is 14.3 Å². The van der Waals surface area contributed by atoms with Crippen LogP contribution in [0.25, 0.3) is 0 Å². The molecule has 1 saturated carbocycles. The smallest absolute Gasteiger partial charge is 0.319 e. The normalized spacial score (nSPS) is 14.2. The van der Waals surface area contributed by atoms with Crippen molar-refractivity contribution in [3.8, 4) is 11.5 Å². The van der Waals surface area contributed by atoms with Gasteiger partial charge in [0.05, 0.1) is 25.5 Å². The predicted octanol–water partition coefficient (Wildman–Crippen LogP) is 4.04. The highest BCUT2D eigenvalue weighted by molar-refractivity contribution is 5.89. The average Bonchev–Trinajstić information content (AvgIpc) is 2.73. The number of nitrogens with one attached hydrogen (secondary N) is 3. The van der Waals surface area contributed by atoms with E-state index in [4.69, 9.17) is 9.47 Å². The van der Waals surface area contributed by atoms with Gasteiger partial charge in [0.2, 0.25) is 0 Å². The fourth-order valence-corrected chi connectivity index (χ4v) is 3.19. The molecule has 0 bridgehead atoms. The molecular weight excluding hydrogens is 356 g/mol. The third kappa shape index (κ3) is 6.33. The summed E-state index contributed by atoms with van der Waals surface area (Å²) < 4.78 is 10.8. The van der Waals surface area contributed by atoms with E-state index in [1.54, 1.807) is 13.3 Å². The second-order valence-corrected chi connectivity index (χ2v) is 6.82. The van der Waals surface area contributed by atoms with Crippen LogP contribution < -0.4 is 25.4 Å². The lowest BCUT2D eigenvalue weighted by Gasteiger charge is -2.22. The number of anilines is 2. The van der Waals surface area contributed by atoms with Gasteiger partial charge in [0.15, 0.2) is 0 Å². The third-order valence-corrected chi connectivity index (χ3v) is 4.70. The minimum absolute atomic E-state index is 0.165. The number of hydrogen-bond acceptors (Lipinski definition) is 5. The molecule has 7 nitrogen and oxygen atoms in total. The van der Waals surface area contributed by atoms with E-state index in [0.717, 1.165) is 30.2 Å². The quantitative estimate of drug-likeness (QED) is 0.598. The van der Waals surface area contributed by atoms with Crippen molar-refractivity contribution in [1.29, 1.82) is 0 Å². The number of methoxy groups -OCH3 is 1. The van der Waals surface area contributed by atoms with Crippen molar-refractivity contribution in [2.24, 2.45) is 0 Å². The second kappa shape index (κ2) is 10.4. The first-order chi connectivity index (χ1) is 13.7. The van der Waals surface area contributed by atoms with Gasteiger partial charge in [-0.15, -0.1) is 0 Å². The van der Waals surface area contributed by atoms with Gasteiger partial charge in [-0.3, -0.25) is 0 Å². The Morgan fingerprint density at radius 1 is 1.07 bits per heavy atom. The zero-order valence-electron chi connectivity index (χ0n) is 16.2. The van der Waals surface area contributed by atoms with Gasteiger partial charge in [0, 0.05) is 6.04 Å². The minimum atomic E-state index is -0.165. The van der Waals surface area contributed by atoms with Crippen LogP contribution in [-0.2, 0) is 0 Å². The van der Waals surface area contributed by atoms with Gasteiger partial charge in [-0.05, 0) is 49.2 Å². The molecule has 0 spiro atoms. The van der Waals surface area contributed by atoms with Gasteiger partial charge in [-0.25, -0.2) is 9.78 Å².